The molecule has 0 aromatic carbocycles. The summed E-state index contributed by atoms with van der Waals surface area (Å²) in [4.78, 5) is 17.8. The molecular weight excluding hydrogens is 378 g/mol. The van der Waals surface area contributed by atoms with Crippen molar-refractivity contribution in [3.05, 3.63) is 24.7 Å². The van der Waals surface area contributed by atoms with E-state index in [9.17, 15) is 0 Å². The van der Waals surface area contributed by atoms with Crippen LogP contribution in [0.5, 0.6) is 0 Å². The van der Waals surface area contributed by atoms with Crippen molar-refractivity contribution in [2.24, 2.45) is 5.92 Å². The Bertz CT molecular complexity index is 806. The molecular formula is C22H33N7O. The molecule has 3 N–H and O–H groups in total. The lowest BCUT2D eigenvalue weighted by Crippen LogP contribution is -2.42. The van der Waals surface area contributed by atoms with Gasteiger partial charge < -0.3 is 20.7 Å². The molecule has 2 fully saturated rings. The van der Waals surface area contributed by atoms with E-state index in [0.29, 0.717) is 24.1 Å². The molecule has 0 saturated heterocycles. The number of methoxy groups -OCH3 is 1. The zero-order chi connectivity index (χ0) is 20.8. The van der Waals surface area contributed by atoms with Gasteiger partial charge in [-0.1, -0.05) is 0 Å². The molecule has 2 aromatic rings. The smallest absolute Gasteiger partial charge is 0.223 e. The number of nitrogens with zero attached hydrogens (tertiary/aromatic N) is 4. The minimum atomic E-state index is 0.394. The SMILES string of the molecule is COCC(C)NC1CCC(Nc2cc(-c3ccnc(NCC4CC4)n3)ncn2)CC1. The number of hydrogen-bond donors (Lipinski definition) is 3. The van der Waals surface area contributed by atoms with Crippen LogP contribution in [0.15, 0.2) is 24.7 Å². The average Bonchev–Trinajstić information content (AvgIpc) is 3.59. The molecule has 1 atom stereocenters. The molecule has 0 aliphatic heterocycles. The first-order valence-corrected chi connectivity index (χ1v) is 11.1. The topological polar surface area (TPSA) is 96.9 Å². The largest absolute Gasteiger partial charge is 0.383 e. The zero-order valence-corrected chi connectivity index (χ0v) is 18.0. The predicted molar refractivity (Wildman–Crippen MR) is 118 cm³/mol. The van der Waals surface area contributed by atoms with Crippen LogP contribution >= 0.6 is 0 Å². The summed E-state index contributed by atoms with van der Waals surface area (Å²) >= 11 is 0. The Hall–Kier alpha value is -2.32. The number of anilines is 2. The standard InChI is InChI=1S/C22H33N7O/c1-15(13-30-2)27-17-5-7-18(8-6-17)28-21-11-20(25-14-26-21)19-9-10-23-22(29-19)24-12-16-3-4-16/h9-11,14-18,27H,3-8,12-13H2,1-2H3,(H,23,24,29)(H,25,26,28). The van der Waals surface area contributed by atoms with Gasteiger partial charge >= 0.3 is 0 Å². The van der Waals surface area contributed by atoms with E-state index in [0.717, 1.165) is 62.0 Å². The highest BCUT2D eigenvalue weighted by atomic mass is 16.5. The van der Waals surface area contributed by atoms with Crippen molar-refractivity contribution in [1.82, 2.24) is 25.3 Å². The number of nitrogens with one attached hydrogen (secondary N) is 3. The summed E-state index contributed by atoms with van der Waals surface area (Å²) in [5, 5.41) is 10.6. The highest BCUT2D eigenvalue weighted by molar-refractivity contribution is 5.59. The molecule has 162 valence electrons. The van der Waals surface area contributed by atoms with Crippen LogP contribution in [0.2, 0.25) is 0 Å². The Morgan fingerprint density at radius 3 is 2.60 bits per heavy atom. The lowest BCUT2D eigenvalue weighted by atomic mass is 9.90. The van der Waals surface area contributed by atoms with E-state index in [-0.39, 0.29) is 0 Å². The van der Waals surface area contributed by atoms with Crippen molar-refractivity contribution < 1.29 is 4.74 Å². The van der Waals surface area contributed by atoms with Gasteiger partial charge in [-0.3, -0.25) is 0 Å². The fourth-order valence-corrected chi connectivity index (χ4v) is 4.03. The Labute approximate surface area is 178 Å². The lowest BCUT2D eigenvalue weighted by molar-refractivity contribution is 0.161. The average molecular weight is 412 g/mol. The summed E-state index contributed by atoms with van der Waals surface area (Å²) in [5.41, 5.74) is 1.63. The first-order chi connectivity index (χ1) is 14.7. The molecule has 0 spiro atoms. The molecule has 0 radical (unpaired) electrons. The van der Waals surface area contributed by atoms with Crippen LogP contribution in [0.3, 0.4) is 0 Å². The molecule has 1 unspecified atom stereocenters. The van der Waals surface area contributed by atoms with Gasteiger partial charge in [0.05, 0.1) is 18.0 Å². The Balaban J connectivity index is 1.31. The van der Waals surface area contributed by atoms with Gasteiger partial charge in [0.1, 0.15) is 12.1 Å². The van der Waals surface area contributed by atoms with Crippen LogP contribution in [-0.2, 0) is 4.74 Å². The second kappa shape index (κ2) is 10.1. The first-order valence-electron chi connectivity index (χ1n) is 11.1. The van der Waals surface area contributed by atoms with Crippen LogP contribution in [0.4, 0.5) is 11.8 Å². The fraction of sp³-hybridized carbons (Fsp3) is 0.636. The van der Waals surface area contributed by atoms with Crippen LogP contribution in [0, 0.1) is 5.92 Å². The summed E-state index contributed by atoms with van der Waals surface area (Å²) in [5.74, 6) is 2.30. The normalized spacial score (nSPS) is 22.5. The summed E-state index contributed by atoms with van der Waals surface area (Å²) in [6, 6.07) is 5.27. The van der Waals surface area contributed by atoms with E-state index in [1.54, 1.807) is 19.6 Å². The quantitative estimate of drug-likeness (QED) is 0.549. The third kappa shape index (κ3) is 6.09. The van der Waals surface area contributed by atoms with Crippen molar-refractivity contribution in [2.75, 3.05) is 30.9 Å². The third-order valence-corrected chi connectivity index (χ3v) is 5.85. The van der Waals surface area contributed by atoms with Gasteiger partial charge in [-0.15, -0.1) is 0 Å². The Kier molecular flexibility index (Phi) is 7.07. The van der Waals surface area contributed by atoms with Gasteiger partial charge in [-0.05, 0) is 57.4 Å². The lowest BCUT2D eigenvalue weighted by Gasteiger charge is -2.31. The van der Waals surface area contributed by atoms with Crippen molar-refractivity contribution in [2.45, 2.75) is 63.6 Å². The van der Waals surface area contributed by atoms with E-state index in [2.05, 4.69) is 42.8 Å². The molecule has 2 aliphatic carbocycles. The number of ether oxygens (including phenoxy) is 1. The summed E-state index contributed by atoms with van der Waals surface area (Å²) in [6.45, 7) is 3.88. The molecule has 2 saturated carbocycles. The molecule has 4 rings (SSSR count). The van der Waals surface area contributed by atoms with Crippen LogP contribution < -0.4 is 16.0 Å². The minimum absolute atomic E-state index is 0.394. The zero-order valence-electron chi connectivity index (χ0n) is 18.0. The van der Waals surface area contributed by atoms with E-state index in [4.69, 9.17) is 4.74 Å². The van der Waals surface area contributed by atoms with Gasteiger partial charge in [-0.25, -0.2) is 19.9 Å². The van der Waals surface area contributed by atoms with Crippen LogP contribution in [0.1, 0.15) is 45.4 Å². The van der Waals surface area contributed by atoms with Crippen molar-refractivity contribution in [1.29, 1.82) is 0 Å². The third-order valence-electron chi connectivity index (χ3n) is 5.85. The first kappa shape index (κ1) is 20.9. The van der Waals surface area contributed by atoms with Gasteiger partial charge in [-0.2, -0.15) is 0 Å². The van der Waals surface area contributed by atoms with E-state index >= 15 is 0 Å². The van der Waals surface area contributed by atoms with Crippen molar-refractivity contribution in [3.63, 3.8) is 0 Å². The number of aromatic nitrogens is 4. The maximum Gasteiger partial charge on any atom is 0.223 e. The monoisotopic (exact) mass is 411 g/mol. The molecule has 2 aliphatic rings. The Morgan fingerprint density at radius 2 is 1.83 bits per heavy atom. The van der Waals surface area contributed by atoms with Crippen LogP contribution in [0.25, 0.3) is 11.4 Å². The molecule has 8 heteroatoms. The molecule has 8 nitrogen and oxygen atoms in total. The number of hydrogen-bond acceptors (Lipinski definition) is 8. The van der Waals surface area contributed by atoms with Gasteiger partial charge in [0, 0.05) is 44.0 Å². The minimum Gasteiger partial charge on any atom is -0.383 e. The molecule has 2 heterocycles. The fourth-order valence-electron chi connectivity index (χ4n) is 4.03. The summed E-state index contributed by atoms with van der Waals surface area (Å²) < 4.78 is 5.22. The molecule has 0 bridgehead atoms. The van der Waals surface area contributed by atoms with Gasteiger partial charge in [0.25, 0.3) is 0 Å². The maximum absolute atomic E-state index is 5.22. The van der Waals surface area contributed by atoms with E-state index < -0.39 is 0 Å². The van der Waals surface area contributed by atoms with Crippen LogP contribution in [-0.4, -0.2) is 58.3 Å². The number of rotatable bonds is 10. The van der Waals surface area contributed by atoms with Crippen molar-refractivity contribution in [3.8, 4) is 11.4 Å². The second-order valence-electron chi connectivity index (χ2n) is 8.59. The molecule has 2 aromatic heterocycles. The predicted octanol–water partition coefficient (Wildman–Crippen LogP) is 3.10. The Morgan fingerprint density at radius 1 is 1.03 bits per heavy atom. The second-order valence-corrected chi connectivity index (χ2v) is 8.59. The summed E-state index contributed by atoms with van der Waals surface area (Å²) in [7, 11) is 1.75. The van der Waals surface area contributed by atoms with E-state index in [1.807, 2.05) is 12.1 Å². The highest BCUT2D eigenvalue weighted by Crippen LogP contribution is 2.29. The highest BCUT2D eigenvalue weighted by Gasteiger charge is 2.23. The maximum atomic E-state index is 5.22. The van der Waals surface area contributed by atoms with Crippen molar-refractivity contribution >= 4 is 11.8 Å². The molecule has 0 amide bonds. The van der Waals surface area contributed by atoms with Gasteiger partial charge in [0.2, 0.25) is 5.95 Å². The van der Waals surface area contributed by atoms with E-state index in [1.165, 1.54) is 12.8 Å². The van der Waals surface area contributed by atoms with Gasteiger partial charge in [0.15, 0.2) is 0 Å². The summed E-state index contributed by atoms with van der Waals surface area (Å²) in [6.07, 6.45) is 10.6. The molecule has 30 heavy (non-hydrogen) atoms.